The van der Waals surface area contributed by atoms with Crippen LogP contribution in [-0.2, 0) is 4.84 Å². The number of hydrogen-bond donors (Lipinski definition) is 1. The van der Waals surface area contributed by atoms with Gasteiger partial charge in [0.2, 0.25) is 0 Å². The lowest BCUT2D eigenvalue weighted by atomic mass is 10.0. The van der Waals surface area contributed by atoms with Crippen LogP contribution >= 0.6 is 0 Å². The van der Waals surface area contributed by atoms with Crippen LogP contribution in [0.15, 0.2) is 5.16 Å². The monoisotopic (exact) mass is 142 g/mol. The lowest BCUT2D eigenvalue weighted by molar-refractivity contribution is 0.212. The minimum Gasteiger partial charge on any atom is -0.399 e. The van der Waals surface area contributed by atoms with Gasteiger partial charge in [0.25, 0.3) is 0 Å². The van der Waals surface area contributed by atoms with Gasteiger partial charge in [-0.25, -0.2) is 0 Å². The number of nitrogens with zero attached hydrogens (tertiary/aromatic N) is 1. The van der Waals surface area contributed by atoms with Gasteiger partial charge >= 0.3 is 0 Å². The highest BCUT2D eigenvalue weighted by Crippen LogP contribution is 2.07. The van der Waals surface area contributed by atoms with Crippen molar-refractivity contribution in [1.29, 1.82) is 0 Å². The minimum absolute atomic E-state index is 0.626. The molecule has 0 aromatic carbocycles. The highest BCUT2D eigenvalue weighted by Gasteiger charge is 2.09. The van der Waals surface area contributed by atoms with E-state index in [1.807, 2.05) is 6.21 Å². The molecule has 0 amide bonds. The molecule has 1 saturated heterocycles. The number of rotatable bonds is 2. The molecule has 0 aromatic rings. The largest absolute Gasteiger partial charge is 0.399 e. The first-order chi connectivity index (χ1) is 4.93. The maximum atomic E-state index is 4.59. The van der Waals surface area contributed by atoms with Gasteiger partial charge in [-0.05, 0) is 31.8 Å². The minimum atomic E-state index is 0.626. The lowest BCUT2D eigenvalue weighted by Crippen LogP contribution is -2.28. The SMILES string of the molecule is CO/N=C/C1CCNCC1. The third-order valence-corrected chi connectivity index (χ3v) is 1.76. The molecule has 10 heavy (non-hydrogen) atoms. The normalized spacial score (nSPS) is 21.7. The molecule has 0 atom stereocenters. The summed E-state index contributed by atoms with van der Waals surface area (Å²) in [6.07, 6.45) is 4.28. The predicted octanol–water partition coefficient (Wildman–Crippen LogP) is 0.618. The molecule has 1 aliphatic rings. The topological polar surface area (TPSA) is 33.6 Å². The Bertz CT molecular complexity index is 108. The first-order valence-electron chi connectivity index (χ1n) is 3.71. The average molecular weight is 142 g/mol. The fourth-order valence-electron chi connectivity index (χ4n) is 1.14. The molecule has 0 spiro atoms. The van der Waals surface area contributed by atoms with Gasteiger partial charge in [-0.1, -0.05) is 5.16 Å². The van der Waals surface area contributed by atoms with Crippen molar-refractivity contribution >= 4 is 6.21 Å². The Labute approximate surface area is 61.4 Å². The van der Waals surface area contributed by atoms with E-state index < -0.39 is 0 Å². The Morgan fingerprint density at radius 3 is 2.80 bits per heavy atom. The molecular formula is C7H14N2O. The summed E-state index contributed by atoms with van der Waals surface area (Å²) in [5.41, 5.74) is 0. The van der Waals surface area contributed by atoms with Crippen molar-refractivity contribution in [2.24, 2.45) is 11.1 Å². The summed E-state index contributed by atoms with van der Waals surface area (Å²) in [7, 11) is 1.58. The maximum Gasteiger partial charge on any atom is 0.106 e. The summed E-state index contributed by atoms with van der Waals surface area (Å²) < 4.78 is 0. The molecule has 3 heteroatoms. The maximum absolute atomic E-state index is 4.59. The molecule has 0 unspecified atom stereocenters. The van der Waals surface area contributed by atoms with E-state index in [0.29, 0.717) is 5.92 Å². The molecule has 0 radical (unpaired) electrons. The van der Waals surface area contributed by atoms with Crippen LogP contribution in [-0.4, -0.2) is 26.4 Å². The predicted molar refractivity (Wildman–Crippen MR) is 41.1 cm³/mol. The van der Waals surface area contributed by atoms with Crippen molar-refractivity contribution in [3.63, 3.8) is 0 Å². The van der Waals surface area contributed by atoms with Crippen LogP contribution in [0, 0.1) is 5.92 Å². The van der Waals surface area contributed by atoms with Crippen LogP contribution in [0.25, 0.3) is 0 Å². The summed E-state index contributed by atoms with van der Waals surface area (Å²) >= 11 is 0. The number of oxime groups is 1. The van der Waals surface area contributed by atoms with Crippen LogP contribution in [0.2, 0.25) is 0 Å². The first kappa shape index (κ1) is 7.54. The zero-order chi connectivity index (χ0) is 7.23. The Morgan fingerprint density at radius 1 is 1.50 bits per heavy atom. The molecule has 1 rings (SSSR count). The van der Waals surface area contributed by atoms with Crippen molar-refractivity contribution in [1.82, 2.24) is 5.32 Å². The van der Waals surface area contributed by atoms with Crippen molar-refractivity contribution < 1.29 is 4.84 Å². The standard InChI is InChI=1S/C7H14N2O/c1-10-9-6-7-2-4-8-5-3-7/h6-8H,2-5H2,1H3/b9-6+. The number of piperidine rings is 1. The van der Waals surface area contributed by atoms with E-state index in [1.54, 1.807) is 7.11 Å². The van der Waals surface area contributed by atoms with Crippen molar-refractivity contribution in [3.05, 3.63) is 0 Å². The molecule has 1 fully saturated rings. The van der Waals surface area contributed by atoms with Gasteiger partial charge in [0, 0.05) is 6.21 Å². The van der Waals surface area contributed by atoms with Crippen molar-refractivity contribution in [2.75, 3.05) is 20.2 Å². The van der Waals surface area contributed by atoms with E-state index in [0.717, 1.165) is 13.1 Å². The van der Waals surface area contributed by atoms with E-state index in [9.17, 15) is 0 Å². The average Bonchev–Trinajstić information content (AvgIpc) is 2.03. The third-order valence-electron chi connectivity index (χ3n) is 1.76. The Kier molecular flexibility index (Phi) is 3.22. The molecular weight excluding hydrogens is 128 g/mol. The van der Waals surface area contributed by atoms with Gasteiger partial charge in [0.1, 0.15) is 7.11 Å². The molecule has 0 saturated carbocycles. The zero-order valence-corrected chi connectivity index (χ0v) is 6.34. The second-order valence-corrected chi connectivity index (χ2v) is 2.52. The summed E-state index contributed by atoms with van der Waals surface area (Å²) in [5, 5.41) is 7.03. The summed E-state index contributed by atoms with van der Waals surface area (Å²) in [4.78, 5) is 4.59. The fraction of sp³-hybridized carbons (Fsp3) is 0.857. The molecule has 1 N–H and O–H groups in total. The highest BCUT2D eigenvalue weighted by molar-refractivity contribution is 5.60. The zero-order valence-electron chi connectivity index (χ0n) is 6.34. The van der Waals surface area contributed by atoms with E-state index in [2.05, 4.69) is 15.3 Å². The van der Waals surface area contributed by atoms with Crippen LogP contribution in [0.1, 0.15) is 12.8 Å². The highest BCUT2D eigenvalue weighted by atomic mass is 16.6. The van der Waals surface area contributed by atoms with E-state index in [4.69, 9.17) is 0 Å². The molecule has 0 aliphatic carbocycles. The Balaban J connectivity index is 2.19. The van der Waals surface area contributed by atoms with Crippen LogP contribution in [0.4, 0.5) is 0 Å². The Morgan fingerprint density at radius 2 is 2.20 bits per heavy atom. The molecule has 58 valence electrons. The van der Waals surface area contributed by atoms with E-state index in [1.165, 1.54) is 12.8 Å². The quantitative estimate of drug-likeness (QED) is 0.453. The summed E-state index contributed by atoms with van der Waals surface area (Å²) in [5.74, 6) is 0.626. The fourth-order valence-corrected chi connectivity index (χ4v) is 1.14. The molecule has 1 heterocycles. The van der Waals surface area contributed by atoms with Gasteiger partial charge in [-0.15, -0.1) is 0 Å². The summed E-state index contributed by atoms with van der Waals surface area (Å²) in [6, 6.07) is 0. The smallest absolute Gasteiger partial charge is 0.106 e. The van der Waals surface area contributed by atoms with E-state index >= 15 is 0 Å². The third kappa shape index (κ3) is 2.35. The van der Waals surface area contributed by atoms with Gasteiger partial charge < -0.3 is 10.2 Å². The lowest BCUT2D eigenvalue weighted by Gasteiger charge is -2.17. The second kappa shape index (κ2) is 4.28. The van der Waals surface area contributed by atoms with Crippen LogP contribution in [0.3, 0.4) is 0 Å². The second-order valence-electron chi connectivity index (χ2n) is 2.52. The van der Waals surface area contributed by atoms with Crippen molar-refractivity contribution in [2.45, 2.75) is 12.8 Å². The Hall–Kier alpha value is -0.570. The molecule has 0 aromatic heterocycles. The van der Waals surface area contributed by atoms with Gasteiger partial charge in [-0.2, -0.15) is 0 Å². The van der Waals surface area contributed by atoms with Crippen LogP contribution < -0.4 is 5.32 Å². The number of nitrogens with one attached hydrogen (secondary N) is 1. The number of hydrogen-bond acceptors (Lipinski definition) is 3. The van der Waals surface area contributed by atoms with Gasteiger partial charge in [-0.3, -0.25) is 0 Å². The van der Waals surface area contributed by atoms with Gasteiger partial charge in [0.15, 0.2) is 0 Å². The molecule has 3 nitrogen and oxygen atoms in total. The van der Waals surface area contributed by atoms with E-state index in [-0.39, 0.29) is 0 Å². The summed E-state index contributed by atoms with van der Waals surface area (Å²) in [6.45, 7) is 2.22. The van der Waals surface area contributed by atoms with Crippen LogP contribution in [0.5, 0.6) is 0 Å². The molecule has 1 aliphatic heterocycles. The molecule has 0 bridgehead atoms. The first-order valence-corrected chi connectivity index (χ1v) is 3.71. The van der Waals surface area contributed by atoms with Gasteiger partial charge in [0.05, 0.1) is 0 Å². The van der Waals surface area contributed by atoms with Crippen molar-refractivity contribution in [3.8, 4) is 0 Å².